The molecule has 2 atom stereocenters. The van der Waals surface area contributed by atoms with E-state index in [4.69, 9.17) is 0 Å². The van der Waals surface area contributed by atoms with E-state index in [0.717, 1.165) is 55.5 Å². The van der Waals surface area contributed by atoms with E-state index in [2.05, 4.69) is 89.7 Å². The highest BCUT2D eigenvalue weighted by molar-refractivity contribution is 6.12. The molecule has 3 aromatic carbocycles. The number of aliphatic hydroxyl groups is 2. The third-order valence-electron chi connectivity index (χ3n) is 11.7. The highest BCUT2D eigenvalue weighted by Crippen LogP contribution is 2.42. The summed E-state index contributed by atoms with van der Waals surface area (Å²) in [6.07, 6.45) is 30.8. The third kappa shape index (κ3) is 21.6. The minimum atomic E-state index is -1.08. The van der Waals surface area contributed by atoms with Gasteiger partial charge in [-0.1, -0.05) is 142 Å². The standard InChI is InChI=1S/C60H78FN5O5/c1-5-6-7-8-9-10-11-12-13-14-15-16-17-18-19-20-21-22-29-34-54(69)62-40-43-65(4)44-41-63-55(70)46-53(68)45-52(67)39-42-66-58(47(2)3)57(60(71)64-51-32-27-24-28-33-51)56(48-30-25-23-26-31-48)59(66)49-35-37-50(61)38-36-49/h6-7,9-10,12-13,15-16,18-19,21-28,30-33,35-38,47,52-53,67-68H,5,8,11,14,17,20,29,34,39-46H2,1-4H3,(H,62,69)(H,63,70)(H,64,71)/b7-6-,10-9-,13-12-,16-15-,19-18-,22-21-/t52-,53-/m1/s1. The number of amides is 3. The number of hydrogen-bond acceptors (Lipinski definition) is 6. The number of para-hydroxylation sites is 1. The second kappa shape index (κ2) is 33.2. The Morgan fingerprint density at radius 3 is 1.73 bits per heavy atom. The van der Waals surface area contributed by atoms with Crippen LogP contribution in [0.1, 0.15) is 113 Å². The van der Waals surface area contributed by atoms with E-state index < -0.39 is 12.2 Å². The molecule has 11 heteroatoms. The van der Waals surface area contributed by atoms with Crippen molar-refractivity contribution in [2.24, 2.45) is 0 Å². The van der Waals surface area contributed by atoms with Crippen LogP contribution in [0.15, 0.2) is 158 Å². The molecule has 0 saturated heterocycles. The van der Waals surface area contributed by atoms with Gasteiger partial charge in [0.05, 0.1) is 29.9 Å². The van der Waals surface area contributed by atoms with Gasteiger partial charge in [0.25, 0.3) is 5.91 Å². The molecule has 0 aliphatic heterocycles. The number of carbonyl (C=O) groups is 3. The van der Waals surface area contributed by atoms with Gasteiger partial charge in [-0.15, -0.1) is 0 Å². The molecule has 1 heterocycles. The molecule has 1 aromatic heterocycles. The third-order valence-corrected chi connectivity index (χ3v) is 11.7. The molecule has 0 radical (unpaired) electrons. The predicted molar refractivity (Wildman–Crippen MR) is 291 cm³/mol. The van der Waals surface area contributed by atoms with Gasteiger partial charge in [-0.3, -0.25) is 14.4 Å². The Balaban J connectivity index is 1.17. The summed E-state index contributed by atoms with van der Waals surface area (Å²) in [5.41, 5.74) is 4.83. The van der Waals surface area contributed by atoms with Crippen LogP contribution in [0.25, 0.3) is 22.4 Å². The van der Waals surface area contributed by atoms with Crippen LogP contribution in [0.2, 0.25) is 0 Å². The van der Waals surface area contributed by atoms with Crippen molar-refractivity contribution < 1.29 is 29.0 Å². The topological polar surface area (TPSA) is 136 Å². The molecule has 71 heavy (non-hydrogen) atoms. The van der Waals surface area contributed by atoms with Crippen LogP contribution in [0.3, 0.4) is 0 Å². The molecule has 380 valence electrons. The number of likely N-dealkylation sites (N-methyl/N-ethyl adjacent to an activating group) is 1. The number of hydrogen-bond donors (Lipinski definition) is 5. The zero-order valence-electron chi connectivity index (χ0n) is 42.4. The van der Waals surface area contributed by atoms with Crippen LogP contribution in [0.4, 0.5) is 10.1 Å². The lowest BCUT2D eigenvalue weighted by Crippen LogP contribution is -2.38. The normalized spacial score (nSPS) is 13.0. The van der Waals surface area contributed by atoms with Gasteiger partial charge >= 0.3 is 0 Å². The number of nitrogens with one attached hydrogen (secondary N) is 3. The van der Waals surface area contributed by atoms with Crippen LogP contribution < -0.4 is 16.0 Å². The molecule has 3 amide bonds. The van der Waals surface area contributed by atoms with E-state index in [1.54, 1.807) is 12.1 Å². The lowest BCUT2D eigenvalue weighted by atomic mass is 9.94. The lowest BCUT2D eigenvalue weighted by molar-refractivity contribution is -0.123. The monoisotopic (exact) mass is 968 g/mol. The number of aliphatic hydroxyl groups excluding tert-OH is 2. The van der Waals surface area contributed by atoms with Gasteiger partial charge in [0.1, 0.15) is 5.82 Å². The second-order valence-electron chi connectivity index (χ2n) is 18.0. The van der Waals surface area contributed by atoms with Gasteiger partial charge in [-0.25, -0.2) is 4.39 Å². The van der Waals surface area contributed by atoms with Crippen LogP contribution in [0, 0.1) is 5.82 Å². The summed E-state index contributed by atoms with van der Waals surface area (Å²) < 4.78 is 16.3. The fourth-order valence-corrected chi connectivity index (χ4v) is 8.11. The molecule has 4 rings (SSSR count). The SMILES string of the molecule is CC/C=C\C/C=C\C/C=C\C/C=C\C/C=C\C/C=C\CCC(=O)NCCN(C)CCNC(=O)C[C@H](O)C[C@H](O)CCn1c(-c2ccc(F)cc2)c(-c2ccccc2)c(C(=O)Nc2ccccc2)c1C(C)C. The van der Waals surface area contributed by atoms with E-state index in [0.29, 0.717) is 61.4 Å². The van der Waals surface area contributed by atoms with Crippen molar-refractivity contribution in [3.63, 3.8) is 0 Å². The molecular weight excluding hydrogens is 890 g/mol. The quantitative estimate of drug-likeness (QED) is 0.0309. The molecular formula is C60H78FN5O5. The number of nitrogens with zero attached hydrogens (tertiary/aromatic N) is 2. The maximum Gasteiger partial charge on any atom is 0.258 e. The van der Waals surface area contributed by atoms with Crippen molar-refractivity contribution in [2.45, 2.75) is 116 Å². The van der Waals surface area contributed by atoms with Crippen LogP contribution in [0.5, 0.6) is 0 Å². The van der Waals surface area contributed by atoms with Crippen LogP contribution >= 0.6 is 0 Å². The van der Waals surface area contributed by atoms with Gasteiger partial charge in [0, 0.05) is 56.1 Å². The van der Waals surface area contributed by atoms with Crippen LogP contribution in [-0.4, -0.2) is 82.8 Å². The molecule has 0 bridgehead atoms. The molecule has 10 nitrogen and oxygen atoms in total. The molecule has 0 saturated carbocycles. The first-order valence-corrected chi connectivity index (χ1v) is 25.4. The molecule has 0 unspecified atom stereocenters. The number of halogens is 1. The van der Waals surface area contributed by atoms with Gasteiger partial charge < -0.3 is 35.6 Å². The number of aromatic nitrogens is 1. The Bertz CT molecular complexity index is 2370. The van der Waals surface area contributed by atoms with E-state index in [9.17, 15) is 29.0 Å². The van der Waals surface area contributed by atoms with E-state index >= 15 is 0 Å². The zero-order valence-corrected chi connectivity index (χ0v) is 42.4. The van der Waals surface area contributed by atoms with Crippen molar-refractivity contribution in [1.29, 1.82) is 0 Å². The summed E-state index contributed by atoms with van der Waals surface area (Å²) >= 11 is 0. The van der Waals surface area contributed by atoms with Crippen molar-refractivity contribution in [2.75, 3.05) is 38.5 Å². The van der Waals surface area contributed by atoms with E-state index in [-0.39, 0.29) is 55.3 Å². The Labute approximate surface area is 422 Å². The molecule has 4 aromatic rings. The Kier molecular flexibility index (Phi) is 26.8. The van der Waals surface area contributed by atoms with Gasteiger partial charge in [0.2, 0.25) is 11.8 Å². The minimum absolute atomic E-state index is 0.00244. The highest BCUT2D eigenvalue weighted by Gasteiger charge is 2.31. The lowest BCUT2D eigenvalue weighted by Gasteiger charge is -2.20. The summed E-state index contributed by atoms with van der Waals surface area (Å²) in [5.74, 6) is -1.13. The largest absolute Gasteiger partial charge is 0.393 e. The maximum atomic E-state index is 14.3. The zero-order chi connectivity index (χ0) is 51.1. The number of rotatable bonds is 32. The van der Waals surface area contributed by atoms with E-state index in [1.807, 2.05) is 97.1 Å². The van der Waals surface area contributed by atoms with Crippen LogP contribution in [-0.2, 0) is 16.1 Å². The minimum Gasteiger partial charge on any atom is -0.393 e. The van der Waals surface area contributed by atoms with Gasteiger partial charge in [-0.2, -0.15) is 0 Å². The van der Waals surface area contributed by atoms with E-state index in [1.165, 1.54) is 12.1 Å². The Morgan fingerprint density at radius 2 is 1.18 bits per heavy atom. The van der Waals surface area contributed by atoms with Crippen molar-refractivity contribution in [3.8, 4) is 22.4 Å². The number of carbonyl (C=O) groups excluding carboxylic acids is 3. The number of allylic oxidation sites excluding steroid dienone is 12. The van der Waals surface area contributed by atoms with Gasteiger partial charge in [-0.05, 0) is 118 Å². The highest BCUT2D eigenvalue weighted by atomic mass is 19.1. The summed E-state index contributed by atoms with van der Waals surface area (Å²) in [5, 5.41) is 31.1. The number of anilines is 1. The van der Waals surface area contributed by atoms with Crippen molar-refractivity contribution >= 4 is 23.4 Å². The summed E-state index contributed by atoms with van der Waals surface area (Å²) in [7, 11) is 1.92. The molecule has 0 fully saturated rings. The molecule has 0 spiro atoms. The molecule has 0 aliphatic rings. The first-order valence-electron chi connectivity index (χ1n) is 25.4. The summed E-state index contributed by atoms with van der Waals surface area (Å²) in [6.45, 7) is 8.49. The second-order valence-corrected chi connectivity index (χ2v) is 18.0. The fourth-order valence-electron chi connectivity index (χ4n) is 8.11. The summed E-state index contributed by atoms with van der Waals surface area (Å²) in [6, 6.07) is 25.0. The average Bonchev–Trinajstić information content (AvgIpc) is 3.70. The fraction of sp³-hybridized carbons (Fsp3) is 0.383. The first-order chi connectivity index (χ1) is 34.5. The Hall–Kier alpha value is -6.40. The smallest absolute Gasteiger partial charge is 0.258 e. The maximum absolute atomic E-state index is 14.3. The van der Waals surface area contributed by atoms with Gasteiger partial charge in [0.15, 0.2) is 0 Å². The van der Waals surface area contributed by atoms with Crippen molar-refractivity contribution in [1.82, 2.24) is 20.1 Å². The number of benzene rings is 3. The molecule has 0 aliphatic carbocycles. The predicted octanol–water partition coefficient (Wildman–Crippen LogP) is 11.9. The first kappa shape index (κ1) is 57.2. The molecule has 5 N–H and O–H groups in total. The summed E-state index contributed by atoms with van der Waals surface area (Å²) in [4.78, 5) is 41.5. The van der Waals surface area contributed by atoms with Crippen molar-refractivity contribution in [3.05, 3.63) is 175 Å². The Morgan fingerprint density at radius 1 is 0.662 bits per heavy atom. The average molecular weight is 968 g/mol.